The number of anilines is 2. The molecule has 0 bridgehead atoms. The Morgan fingerprint density at radius 2 is 2.19 bits per heavy atom. The van der Waals surface area contributed by atoms with Gasteiger partial charge in [0.25, 0.3) is 0 Å². The summed E-state index contributed by atoms with van der Waals surface area (Å²) in [5.74, 6) is 0.726. The highest BCUT2D eigenvalue weighted by molar-refractivity contribution is 5.38. The van der Waals surface area contributed by atoms with Gasteiger partial charge in [-0.05, 0) is 37.0 Å². The quantitative estimate of drug-likeness (QED) is 0.908. The second-order valence-corrected chi connectivity index (χ2v) is 7.14. The first-order valence-corrected chi connectivity index (χ1v) is 9.24. The lowest BCUT2D eigenvalue weighted by molar-refractivity contribution is -0.00668. The van der Waals surface area contributed by atoms with E-state index in [0.29, 0.717) is 12.4 Å². The lowest BCUT2D eigenvalue weighted by Gasteiger charge is -2.39. The van der Waals surface area contributed by atoms with E-state index in [1.165, 1.54) is 6.07 Å². The van der Waals surface area contributed by atoms with Gasteiger partial charge >= 0.3 is 0 Å². The molecule has 2 fully saturated rings. The van der Waals surface area contributed by atoms with Crippen molar-refractivity contribution in [2.75, 3.05) is 29.9 Å². The molecule has 4 rings (SSSR count). The lowest BCUT2D eigenvalue weighted by atomic mass is 9.89. The molecule has 0 radical (unpaired) electrons. The van der Waals surface area contributed by atoms with Crippen LogP contribution in [0, 0.1) is 5.82 Å². The number of ether oxygens (including phenoxy) is 1. The fraction of sp³-hybridized carbons (Fsp3) is 0.526. The van der Waals surface area contributed by atoms with Gasteiger partial charge < -0.3 is 15.0 Å². The first-order chi connectivity index (χ1) is 12.7. The van der Waals surface area contributed by atoms with Gasteiger partial charge in [-0.1, -0.05) is 6.92 Å². The molecule has 1 N–H and O–H groups in total. The van der Waals surface area contributed by atoms with Gasteiger partial charge in [0.2, 0.25) is 5.95 Å². The average molecular weight is 357 g/mol. The van der Waals surface area contributed by atoms with Gasteiger partial charge in [-0.2, -0.15) is 0 Å². The molecule has 2 aliphatic rings. The molecule has 2 aromatic heterocycles. The maximum Gasteiger partial charge on any atom is 0.225 e. The zero-order valence-corrected chi connectivity index (χ0v) is 15.0. The highest BCUT2D eigenvalue weighted by Crippen LogP contribution is 2.36. The number of hydrogen-bond acceptors (Lipinski definition) is 6. The first kappa shape index (κ1) is 17.1. The van der Waals surface area contributed by atoms with Gasteiger partial charge in [-0.3, -0.25) is 0 Å². The molecule has 4 heterocycles. The molecule has 0 aliphatic carbocycles. The summed E-state index contributed by atoms with van der Waals surface area (Å²) in [4.78, 5) is 15.3. The van der Waals surface area contributed by atoms with Crippen LogP contribution in [-0.2, 0) is 11.2 Å². The van der Waals surface area contributed by atoms with Crippen LogP contribution in [0.4, 0.5) is 16.2 Å². The minimum atomic E-state index is -0.330. The van der Waals surface area contributed by atoms with E-state index >= 15 is 0 Å². The molecule has 2 aromatic rings. The van der Waals surface area contributed by atoms with Crippen molar-refractivity contribution in [2.45, 2.75) is 44.2 Å². The number of pyridine rings is 1. The molecule has 2 atom stereocenters. The molecule has 6 nitrogen and oxygen atoms in total. The number of aryl methyl sites for hydroxylation is 1. The number of piperidine rings is 1. The number of hydrogen-bond donors (Lipinski definition) is 1. The summed E-state index contributed by atoms with van der Waals surface area (Å²) < 4.78 is 20.0. The Balaban J connectivity index is 1.43. The number of aromatic nitrogens is 3. The molecular formula is C19H24FN5O. The van der Waals surface area contributed by atoms with Crippen molar-refractivity contribution in [3.8, 4) is 0 Å². The summed E-state index contributed by atoms with van der Waals surface area (Å²) >= 11 is 0. The SMILES string of the molecule is CCc1cnc(N2CCCC3(CC(Nc4ncccc4F)CO3)C2)nc1. The fourth-order valence-electron chi connectivity index (χ4n) is 3.87. The molecule has 2 unspecified atom stereocenters. The molecule has 2 saturated heterocycles. The van der Waals surface area contributed by atoms with E-state index in [2.05, 4.69) is 32.1 Å². The standard InChI is InChI=1S/C19H24FN5O/c1-2-14-10-22-18(23-11-14)25-8-4-6-19(13-25)9-15(12-26-19)24-17-16(20)5-3-7-21-17/h3,5,7,10-11,15H,2,4,6,8-9,12-13H2,1H3,(H,21,24). The van der Waals surface area contributed by atoms with Gasteiger partial charge in [0.15, 0.2) is 11.6 Å². The maximum absolute atomic E-state index is 13.8. The van der Waals surface area contributed by atoms with Crippen molar-refractivity contribution >= 4 is 11.8 Å². The van der Waals surface area contributed by atoms with E-state index in [0.717, 1.165) is 50.3 Å². The van der Waals surface area contributed by atoms with Crippen LogP contribution < -0.4 is 10.2 Å². The van der Waals surface area contributed by atoms with Crippen LogP contribution in [0.1, 0.15) is 31.7 Å². The number of nitrogens with zero attached hydrogens (tertiary/aromatic N) is 4. The summed E-state index contributed by atoms with van der Waals surface area (Å²) in [6, 6.07) is 3.07. The van der Waals surface area contributed by atoms with Crippen molar-refractivity contribution in [1.82, 2.24) is 15.0 Å². The predicted octanol–water partition coefficient (Wildman–Crippen LogP) is 2.81. The monoisotopic (exact) mass is 357 g/mol. The largest absolute Gasteiger partial charge is 0.371 e. The fourth-order valence-corrected chi connectivity index (χ4v) is 3.87. The molecule has 138 valence electrons. The van der Waals surface area contributed by atoms with Crippen molar-refractivity contribution in [3.63, 3.8) is 0 Å². The second-order valence-electron chi connectivity index (χ2n) is 7.14. The highest BCUT2D eigenvalue weighted by Gasteiger charge is 2.44. The summed E-state index contributed by atoms with van der Waals surface area (Å²) in [6.45, 7) is 4.35. The van der Waals surface area contributed by atoms with E-state index in [1.807, 2.05) is 12.4 Å². The minimum absolute atomic E-state index is 0.0581. The van der Waals surface area contributed by atoms with E-state index in [4.69, 9.17) is 4.74 Å². The van der Waals surface area contributed by atoms with Crippen LogP contribution in [0.2, 0.25) is 0 Å². The van der Waals surface area contributed by atoms with Crippen molar-refractivity contribution < 1.29 is 9.13 Å². The Morgan fingerprint density at radius 1 is 1.35 bits per heavy atom. The summed E-state index contributed by atoms with van der Waals surface area (Å²) in [6.07, 6.45) is 9.18. The number of rotatable bonds is 4. The second kappa shape index (κ2) is 7.15. The Kier molecular flexibility index (Phi) is 4.72. The molecule has 0 saturated carbocycles. The Hall–Kier alpha value is -2.28. The lowest BCUT2D eigenvalue weighted by Crippen LogP contribution is -2.48. The topological polar surface area (TPSA) is 63.2 Å². The Bertz CT molecular complexity index is 756. The smallest absolute Gasteiger partial charge is 0.225 e. The molecule has 26 heavy (non-hydrogen) atoms. The third-order valence-corrected chi connectivity index (χ3v) is 5.23. The first-order valence-electron chi connectivity index (χ1n) is 9.24. The van der Waals surface area contributed by atoms with Crippen LogP contribution in [0.25, 0.3) is 0 Å². The Labute approximate surface area is 152 Å². The van der Waals surface area contributed by atoms with E-state index < -0.39 is 0 Å². The summed E-state index contributed by atoms with van der Waals surface area (Å²) in [5.41, 5.74) is 0.910. The third-order valence-electron chi connectivity index (χ3n) is 5.23. The van der Waals surface area contributed by atoms with E-state index in [-0.39, 0.29) is 17.5 Å². The van der Waals surface area contributed by atoms with E-state index in [1.54, 1.807) is 12.3 Å². The van der Waals surface area contributed by atoms with Crippen LogP contribution in [0.15, 0.2) is 30.7 Å². The number of nitrogens with one attached hydrogen (secondary N) is 1. The summed E-state index contributed by atoms with van der Waals surface area (Å²) in [7, 11) is 0. The van der Waals surface area contributed by atoms with Crippen molar-refractivity contribution in [1.29, 1.82) is 0 Å². The Morgan fingerprint density at radius 3 is 2.96 bits per heavy atom. The van der Waals surface area contributed by atoms with Crippen molar-refractivity contribution in [3.05, 3.63) is 42.1 Å². The van der Waals surface area contributed by atoms with Crippen molar-refractivity contribution in [2.24, 2.45) is 0 Å². The molecule has 7 heteroatoms. The zero-order chi connectivity index (χ0) is 18.0. The molecule has 1 spiro atoms. The minimum Gasteiger partial charge on any atom is -0.371 e. The van der Waals surface area contributed by atoms with E-state index in [9.17, 15) is 4.39 Å². The highest BCUT2D eigenvalue weighted by atomic mass is 19.1. The molecule has 0 aromatic carbocycles. The third kappa shape index (κ3) is 3.49. The molecule has 0 amide bonds. The number of halogens is 1. The van der Waals surface area contributed by atoms with Gasteiger partial charge in [0.1, 0.15) is 0 Å². The van der Waals surface area contributed by atoms with Gasteiger partial charge in [-0.25, -0.2) is 19.3 Å². The molecule has 2 aliphatic heterocycles. The van der Waals surface area contributed by atoms with Crippen LogP contribution >= 0.6 is 0 Å². The van der Waals surface area contributed by atoms with Crippen LogP contribution in [0.5, 0.6) is 0 Å². The average Bonchev–Trinajstić information content (AvgIpc) is 3.05. The van der Waals surface area contributed by atoms with Crippen LogP contribution in [-0.4, -0.2) is 46.3 Å². The van der Waals surface area contributed by atoms with Gasteiger partial charge in [0.05, 0.1) is 18.2 Å². The van der Waals surface area contributed by atoms with Crippen LogP contribution in [0.3, 0.4) is 0 Å². The normalized spacial score (nSPS) is 25.6. The molecular weight excluding hydrogens is 333 g/mol. The predicted molar refractivity (Wildman–Crippen MR) is 97.8 cm³/mol. The summed E-state index contributed by atoms with van der Waals surface area (Å²) in [5, 5.41) is 3.19. The zero-order valence-electron chi connectivity index (χ0n) is 15.0. The maximum atomic E-state index is 13.8. The van der Waals surface area contributed by atoms with Gasteiger partial charge in [0, 0.05) is 38.1 Å². The van der Waals surface area contributed by atoms with Gasteiger partial charge in [-0.15, -0.1) is 0 Å².